The van der Waals surface area contributed by atoms with E-state index in [-0.39, 0.29) is 11.9 Å². The number of imidazole rings is 1. The summed E-state index contributed by atoms with van der Waals surface area (Å²) in [5.74, 6) is 0.981. The second-order valence-corrected chi connectivity index (χ2v) is 5.14. The molecule has 0 aliphatic rings. The molecule has 3 aromatic rings. The zero-order valence-corrected chi connectivity index (χ0v) is 12.4. The largest absolute Gasteiger partial charge is 0.441 e. The Bertz CT molecular complexity index is 734. The van der Waals surface area contributed by atoms with Crippen molar-refractivity contribution in [2.45, 2.75) is 26.4 Å². The van der Waals surface area contributed by atoms with Gasteiger partial charge >= 0.3 is 0 Å². The van der Waals surface area contributed by atoms with Gasteiger partial charge in [-0.3, -0.25) is 0 Å². The minimum atomic E-state index is -0.276. The molecule has 0 spiro atoms. The van der Waals surface area contributed by atoms with Gasteiger partial charge < -0.3 is 14.7 Å². The van der Waals surface area contributed by atoms with Gasteiger partial charge in [-0.25, -0.2) is 14.4 Å². The summed E-state index contributed by atoms with van der Waals surface area (Å²) in [4.78, 5) is 11.6. The maximum atomic E-state index is 13.0. The van der Waals surface area contributed by atoms with E-state index in [0.717, 1.165) is 22.7 Å². The monoisotopic (exact) mass is 300 g/mol. The van der Waals surface area contributed by atoms with Crippen LogP contribution in [0.4, 0.5) is 4.39 Å². The molecule has 2 aromatic heterocycles. The van der Waals surface area contributed by atoms with Crippen LogP contribution in [0.1, 0.15) is 30.1 Å². The number of hydrogen-bond acceptors (Lipinski definition) is 4. The molecule has 0 saturated carbocycles. The zero-order chi connectivity index (χ0) is 15.5. The topological polar surface area (TPSA) is 66.7 Å². The lowest BCUT2D eigenvalue weighted by atomic mass is 10.2. The Hall–Kier alpha value is -2.47. The van der Waals surface area contributed by atoms with Gasteiger partial charge in [-0.1, -0.05) is 0 Å². The quantitative estimate of drug-likeness (QED) is 0.758. The fourth-order valence-corrected chi connectivity index (χ4v) is 2.17. The molecule has 6 heteroatoms. The predicted molar refractivity (Wildman–Crippen MR) is 80.5 cm³/mol. The van der Waals surface area contributed by atoms with E-state index in [2.05, 4.69) is 20.3 Å². The smallest absolute Gasteiger partial charge is 0.226 e. The van der Waals surface area contributed by atoms with E-state index in [1.54, 1.807) is 24.7 Å². The summed E-state index contributed by atoms with van der Waals surface area (Å²) in [7, 11) is 0. The summed E-state index contributed by atoms with van der Waals surface area (Å²) >= 11 is 0. The molecule has 1 unspecified atom stereocenters. The van der Waals surface area contributed by atoms with Crippen molar-refractivity contribution >= 4 is 0 Å². The highest BCUT2D eigenvalue weighted by Crippen LogP contribution is 2.22. The predicted octanol–water partition coefficient (Wildman–Crippen LogP) is 3.36. The summed E-state index contributed by atoms with van der Waals surface area (Å²) in [6.45, 7) is 4.50. The lowest BCUT2D eigenvalue weighted by Crippen LogP contribution is -2.19. The van der Waals surface area contributed by atoms with Gasteiger partial charge in [-0.2, -0.15) is 0 Å². The summed E-state index contributed by atoms with van der Waals surface area (Å²) in [5.41, 5.74) is 2.61. The van der Waals surface area contributed by atoms with E-state index in [1.165, 1.54) is 12.1 Å². The Morgan fingerprint density at radius 1 is 1.32 bits per heavy atom. The van der Waals surface area contributed by atoms with Gasteiger partial charge in [0.05, 0.1) is 17.7 Å². The number of H-pyrrole nitrogens is 1. The van der Waals surface area contributed by atoms with Crippen LogP contribution in [-0.2, 0) is 6.54 Å². The Kier molecular flexibility index (Phi) is 4.02. The Morgan fingerprint density at radius 2 is 2.09 bits per heavy atom. The SMILES string of the molecule is Cc1oc(-c2ccc(F)cc2)nc1CNC(C)c1cnc[nH]1. The molecule has 0 aliphatic carbocycles. The first-order valence-corrected chi connectivity index (χ1v) is 7.07. The number of hydrogen-bond donors (Lipinski definition) is 2. The number of aromatic nitrogens is 3. The van der Waals surface area contributed by atoms with Crippen LogP contribution in [0, 0.1) is 12.7 Å². The first-order chi connectivity index (χ1) is 10.6. The van der Waals surface area contributed by atoms with Gasteiger partial charge in [-0.15, -0.1) is 0 Å². The summed E-state index contributed by atoms with van der Waals surface area (Å²) < 4.78 is 18.6. The molecule has 5 nitrogen and oxygen atoms in total. The van der Waals surface area contributed by atoms with Crippen LogP contribution in [0.25, 0.3) is 11.5 Å². The third-order valence-electron chi connectivity index (χ3n) is 3.55. The molecule has 0 aliphatic heterocycles. The van der Waals surface area contributed by atoms with Crippen LogP contribution >= 0.6 is 0 Å². The van der Waals surface area contributed by atoms with Crippen molar-refractivity contribution in [2.75, 3.05) is 0 Å². The number of benzene rings is 1. The third-order valence-corrected chi connectivity index (χ3v) is 3.55. The van der Waals surface area contributed by atoms with E-state index in [4.69, 9.17) is 4.42 Å². The van der Waals surface area contributed by atoms with Crippen LogP contribution in [0.15, 0.2) is 41.2 Å². The fraction of sp³-hybridized carbons (Fsp3) is 0.250. The Balaban J connectivity index is 1.71. The highest BCUT2D eigenvalue weighted by atomic mass is 19.1. The molecular weight excluding hydrogens is 283 g/mol. The van der Waals surface area contributed by atoms with Crippen molar-refractivity contribution in [1.82, 2.24) is 20.3 Å². The van der Waals surface area contributed by atoms with E-state index < -0.39 is 0 Å². The molecule has 3 rings (SSSR count). The standard InChI is InChI=1S/C16H17FN4O/c1-10(14-7-18-9-20-14)19-8-15-11(2)22-16(21-15)12-3-5-13(17)6-4-12/h3-7,9-10,19H,8H2,1-2H3,(H,18,20). The van der Waals surface area contributed by atoms with Crippen LogP contribution in [-0.4, -0.2) is 15.0 Å². The van der Waals surface area contributed by atoms with Gasteiger partial charge in [0.25, 0.3) is 0 Å². The van der Waals surface area contributed by atoms with Gasteiger partial charge in [0.15, 0.2) is 0 Å². The van der Waals surface area contributed by atoms with Gasteiger partial charge in [-0.05, 0) is 38.1 Å². The minimum absolute atomic E-state index is 0.132. The van der Waals surface area contributed by atoms with Crippen LogP contribution in [0.3, 0.4) is 0 Å². The Morgan fingerprint density at radius 3 is 2.77 bits per heavy atom. The first-order valence-electron chi connectivity index (χ1n) is 7.07. The maximum Gasteiger partial charge on any atom is 0.226 e. The van der Waals surface area contributed by atoms with Crippen molar-refractivity contribution in [3.63, 3.8) is 0 Å². The average molecular weight is 300 g/mol. The zero-order valence-electron chi connectivity index (χ0n) is 12.4. The lowest BCUT2D eigenvalue weighted by Gasteiger charge is -2.10. The molecule has 0 radical (unpaired) electrons. The van der Waals surface area contributed by atoms with Crippen molar-refractivity contribution in [2.24, 2.45) is 0 Å². The first kappa shape index (κ1) is 14.5. The number of rotatable bonds is 5. The Labute approximate surface area is 127 Å². The highest BCUT2D eigenvalue weighted by Gasteiger charge is 2.13. The van der Waals surface area contributed by atoms with Crippen LogP contribution < -0.4 is 5.32 Å². The minimum Gasteiger partial charge on any atom is -0.441 e. The summed E-state index contributed by atoms with van der Waals surface area (Å²) in [6.07, 6.45) is 3.44. The van der Waals surface area contributed by atoms with E-state index in [9.17, 15) is 4.39 Å². The van der Waals surface area contributed by atoms with Crippen molar-refractivity contribution in [3.8, 4) is 11.5 Å². The fourth-order valence-electron chi connectivity index (χ4n) is 2.17. The van der Waals surface area contributed by atoms with E-state index in [0.29, 0.717) is 12.4 Å². The number of nitrogens with zero attached hydrogens (tertiary/aromatic N) is 2. The van der Waals surface area contributed by atoms with Gasteiger partial charge in [0.2, 0.25) is 5.89 Å². The molecule has 114 valence electrons. The molecule has 2 N–H and O–H groups in total. The summed E-state index contributed by atoms with van der Waals surface area (Å²) in [6, 6.07) is 6.24. The molecular formula is C16H17FN4O. The van der Waals surface area contributed by atoms with E-state index >= 15 is 0 Å². The second kappa shape index (κ2) is 6.11. The third kappa shape index (κ3) is 3.07. The average Bonchev–Trinajstić information content (AvgIpc) is 3.15. The highest BCUT2D eigenvalue weighted by molar-refractivity contribution is 5.53. The van der Waals surface area contributed by atoms with Crippen molar-refractivity contribution in [3.05, 3.63) is 59.8 Å². The number of aromatic amines is 1. The van der Waals surface area contributed by atoms with Crippen LogP contribution in [0.5, 0.6) is 0 Å². The number of halogens is 1. The van der Waals surface area contributed by atoms with Crippen molar-refractivity contribution in [1.29, 1.82) is 0 Å². The van der Waals surface area contributed by atoms with Crippen LogP contribution in [0.2, 0.25) is 0 Å². The molecule has 0 amide bonds. The van der Waals surface area contributed by atoms with E-state index in [1.807, 2.05) is 13.8 Å². The summed E-state index contributed by atoms with van der Waals surface area (Å²) in [5, 5.41) is 3.36. The molecule has 22 heavy (non-hydrogen) atoms. The van der Waals surface area contributed by atoms with Gasteiger partial charge in [0, 0.05) is 24.3 Å². The number of aryl methyl sites for hydroxylation is 1. The molecule has 2 heterocycles. The number of oxazole rings is 1. The molecule has 0 fully saturated rings. The molecule has 1 aromatic carbocycles. The van der Waals surface area contributed by atoms with Gasteiger partial charge in [0.1, 0.15) is 11.6 Å². The number of nitrogens with one attached hydrogen (secondary N) is 2. The molecule has 0 saturated heterocycles. The maximum absolute atomic E-state index is 13.0. The molecule has 1 atom stereocenters. The molecule has 0 bridgehead atoms. The second-order valence-electron chi connectivity index (χ2n) is 5.14. The van der Waals surface area contributed by atoms with Crippen molar-refractivity contribution < 1.29 is 8.81 Å². The lowest BCUT2D eigenvalue weighted by molar-refractivity contribution is 0.525. The normalized spacial score (nSPS) is 12.5.